The summed E-state index contributed by atoms with van der Waals surface area (Å²) in [5.41, 5.74) is 7.65. The maximum Gasteiger partial charge on any atom is 0.343 e. The number of hydrogen-bond acceptors (Lipinski definition) is 9. The molecular weight excluding hydrogens is 567 g/mol. The minimum absolute atomic E-state index is 0.156. The van der Waals surface area contributed by atoms with E-state index in [4.69, 9.17) is 15.2 Å². The van der Waals surface area contributed by atoms with Gasteiger partial charge < -0.3 is 15.3 Å². The first-order valence-electron chi connectivity index (χ1n) is 14.2. The number of nitrogen functional groups attached to an aromatic ring is 1. The van der Waals surface area contributed by atoms with Crippen molar-refractivity contribution in [2.24, 2.45) is 0 Å². The lowest BCUT2D eigenvalue weighted by Crippen LogP contribution is -2.28. The summed E-state index contributed by atoms with van der Waals surface area (Å²) in [6, 6.07) is 14.7. The van der Waals surface area contributed by atoms with Gasteiger partial charge in [0, 0.05) is 38.9 Å². The van der Waals surface area contributed by atoms with E-state index in [2.05, 4.69) is 27.0 Å². The van der Waals surface area contributed by atoms with Crippen LogP contribution < -0.4 is 11.4 Å². The topological polar surface area (TPSA) is 123 Å². The smallest absolute Gasteiger partial charge is 0.343 e. The fourth-order valence-electron chi connectivity index (χ4n) is 5.99. The van der Waals surface area contributed by atoms with Gasteiger partial charge in [-0.05, 0) is 63.2 Å². The first-order chi connectivity index (χ1) is 20.9. The summed E-state index contributed by atoms with van der Waals surface area (Å²) < 4.78 is 22.0. The highest BCUT2D eigenvalue weighted by Gasteiger charge is 2.27. The number of nitrogens with two attached hydrogens (primary N) is 1. The van der Waals surface area contributed by atoms with Crippen molar-refractivity contribution in [2.75, 3.05) is 18.8 Å². The Morgan fingerprint density at radius 3 is 2.65 bits per heavy atom. The van der Waals surface area contributed by atoms with Gasteiger partial charge in [-0.25, -0.2) is 23.8 Å². The summed E-state index contributed by atoms with van der Waals surface area (Å²) in [7, 11) is 0. The van der Waals surface area contributed by atoms with Crippen LogP contribution >= 0.6 is 11.3 Å². The van der Waals surface area contributed by atoms with Gasteiger partial charge in [0.15, 0.2) is 5.65 Å². The summed E-state index contributed by atoms with van der Waals surface area (Å²) in [5.74, 6) is -0.294. The number of aromatic hydroxyl groups is 1. The largest absolute Gasteiger partial charge is 0.508 e. The SMILES string of the molecule is CC(c1oc(=O)c2ccccc2c1-c1ccc(CN2CCCCC2)s1)n1nc(-c2cc(O)cc(F)c2)c2c(N)ncnc21. The maximum atomic E-state index is 14.3. The van der Waals surface area contributed by atoms with Crippen molar-refractivity contribution in [1.82, 2.24) is 24.6 Å². The zero-order chi connectivity index (χ0) is 29.7. The zero-order valence-electron chi connectivity index (χ0n) is 23.5. The highest BCUT2D eigenvalue weighted by Crippen LogP contribution is 2.41. The summed E-state index contributed by atoms with van der Waals surface area (Å²) in [6.07, 6.45) is 5.05. The molecule has 218 valence electrons. The number of rotatable bonds is 6. The molecule has 1 aliphatic heterocycles. The van der Waals surface area contributed by atoms with Crippen molar-refractivity contribution in [2.45, 2.75) is 38.8 Å². The van der Waals surface area contributed by atoms with Crippen LogP contribution in [0.25, 0.3) is 43.5 Å². The summed E-state index contributed by atoms with van der Waals surface area (Å²) >= 11 is 1.69. The molecule has 0 aliphatic carbocycles. The molecule has 9 nitrogen and oxygen atoms in total. The molecule has 2 aromatic carbocycles. The second-order valence-electron chi connectivity index (χ2n) is 10.9. The molecule has 43 heavy (non-hydrogen) atoms. The van der Waals surface area contributed by atoms with Crippen molar-refractivity contribution in [1.29, 1.82) is 0 Å². The Morgan fingerprint density at radius 2 is 1.86 bits per heavy atom. The molecule has 1 fully saturated rings. The van der Waals surface area contributed by atoms with E-state index < -0.39 is 17.5 Å². The van der Waals surface area contributed by atoms with Crippen LogP contribution in [-0.2, 0) is 6.54 Å². The molecule has 1 unspecified atom stereocenters. The van der Waals surface area contributed by atoms with Crippen LogP contribution in [0.3, 0.4) is 0 Å². The third-order valence-electron chi connectivity index (χ3n) is 8.02. The maximum absolute atomic E-state index is 14.3. The van der Waals surface area contributed by atoms with Gasteiger partial charge >= 0.3 is 5.63 Å². The number of thiophene rings is 1. The number of likely N-dealkylation sites (tertiary alicyclic amines) is 1. The van der Waals surface area contributed by atoms with E-state index in [9.17, 15) is 14.3 Å². The number of phenolic OH excluding ortho intramolecular Hbond substituents is 1. The highest BCUT2D eigenvalue weighted by molar-refractivity contribution is 7.15. The van der Waals surface area contributed by atoms with Gasteiger partial charge in [-0.3, -0.25) is 4.90 Å². The van der Waals surface area contributed by atoms with Crippen LogP contribution in [-0.4, -0.2) is 42.8 Å². The first kappa shape index (κ1) is 27.2. The van der Waals surface area contributed by atoms with E-state index in [1.807, 2.05) is 25.1 Å². The van der Waals surface area contributed by atoms with E-state index in [0.29, 0.717) is 33.4 Å². The quantitative estimate of drug-likeness (QED) is 0.228. The molecule has 6 aromatic rings. The monoisotopic (exact) mass is 596 g/mol. The van der Waals surface area contributed by atoms with E-state index in [0.717, 1.165) is 41.5 Å². The number of benzene rings is 2. The van der Waals surface area contributed by atoms with Crippen LogP contribution in [0.15, 0.2) is 70.1 Å². The molecule has 0 bridgehead atoms. The Kier molecular flexibility index (Phi) is 6.91. The van der Waals surface area contributed by atoms with Crippen LogP contribution in [0.2, 0.25) is 0 Å². The second-order valence-corrected chi connectivity index (χ2v) is 12.1. The van der Waals surface area contributed by atoms with E-state index in [-0.39, 0.29) is 11.6 Å². The number of aromatic nitrogens is 4. The van der Waals surface area contributed by atoms with Gasteiger partial charge in [-0.2, -0.15) is 5.10 Å². The summed E-state index contributed by atoms with van der Waals surface area (Å²) in [4.78, 5) is 26.6. The van der Waals surface area contributed by atoms with Gasteiger partial charge in [-0.1, -0.05) is 24.6 Å². The van der Waals surface area contributed by atoms with Crippen LogP contribution in [0, 0.1) is 5.82 Å². The van der Waals surface area contributed by atoms with Gasteiger partial charge in [-0.15, -0.1) is 11.3 Å². The number of nitrogens with zero attached hydrogens (tertiary/aromatic N) is 5. The third-order valence-corrected chi connectivity index (χ3v) is 9.11. The zero-order valence-corrected chi connectivity index (χ0v) is 24.3. The number of anilines is 1. The molecule has 0 saturated carbocycles. The summed E-state index contributed by atoms with van der Waals surface area (Å²) in [6.45, 7) is 4.95. The minimum Gasteiger partial charge on any atom is -0.508 e. The van der Waals surface area contributed by atoms with Crippen molar-refractivity contribution in [3.63, 3.8) is 0 Å². The van der Waals surface area contributed by atoms with Crippen LogP contribution in [0.4, 0.5) is 10.2 Å². The summed E-state index contributed by atoms with van der Waals surface area (Å²) in [5, 5.41) is 16.6. The molecule has 1 atom stereocenters. The van der Waals surface area contributed by atoms with Crippen LogP contribution in [0.5, 0.6) is 5.75 Å². The Balaban J connectivity index is 1.40. The molecule has 0 spiro atoms. The first-order valence-corrected chi connectivity index (χ1v) is 15.0. The van der Waals surface area contributed by atoms with Gasteiger partial charge in [0.25, 0.3) is 0 Å². The molecule has 1 saturated heterocycles. The Bertz CT molecular complexity index is 2020. The average Bonchev–Trinajstić information content (AvgIpc) is 3.62. The Labute approximate surface area is 250 Å². The molecule has 7 rings (SSSR count). The Hall–Kier alpha value is -4.61. The lowest BCUT2D eigenvalue weighted by atomic mass is 10.0. The van der Waals surface area contributed by atoms with Crippen LogP contribution in [0.1, 0.15) is 42.9 Å². The fraction of sp³-hybridized carbons (Fsp3) is 0.250. The van der Waals surface area contributed by atoms with E-state index in [1.54, 1.807) is 22.1 Å². The number of halogens is 1. The van der Waals surface area contributed by atoms with E-state index in [1.165, 1.54) is 42.6 Å². The molecular formula is C32H29FN6O3S. The average molecular weight is 597 g/mol. The highest BCUT2D eigenvalue weighted by atomic mass is 32.1. The van der Waals surface area contributed by atoms with Gasteiger partial charge in [0.1, 0.15) is 41.2 Å². The van der Waals surface area contributed by atoms with Gasteiger partial charge in [0.05, 0.1) is 10.8 Å². The molecule has 1 aliphatic rings. The molecule has 3 N–H and O–H groups in total. The lowest BCUT2D eigenvalue weighted by Gasteiger charge is -2.25. The van der Waals surface area contributed by atoms with Crippen molar-refractivity contribution >= 4 is 39.0 Å². The standard InChI is InChI=1S/C32H29FN6O3S/c1-18(39-31-27(30(34)35-17-36-31)28(37-39)19-13-20(33)15-21(40)14-19)29-26(23-7-3-4-8-24(23)32(41)42-29)25-10-9-22(43-25)16-38-11-5-2-6-12-38/h3-4,7-10,13-15,17-18,40H,2,5-6,11-12,16H2,1H3,(H2,34,35,36). The Morgan fingerprint density at radius 1 is 1.07 bits per heavy atom. The second kappa shape index (κ2) is 10.9. The molecule has 4 aromatic heterocycles. The number of hydrogen-bond donors (Lipinski definition) is 2. The van der Waals surface area contributed by atoms with Crippen molar-refractivity contribution < 1.29 is 13.9 Å². The van der Waals surface area contributed by atoms with Crippen molar-refractivity contribution in [3.05, 3.63) is 87.8 Å². The number of piperidine rings is 1. The minimum atomic E-state index is -0.623. The molecule has 0 radical (unpaired) electrons. The predicted molar refractivity (Wildman–Crippen MR) is 166 cm³/mol. The fourth-order valence-corrected chi connectivity index (χ4v) is 7.11. The predicted octanol–water partition coefficient (Wildman–Crippen LogP) is 6.35. The lowest BCUT2D eigenvalue weighted by molar-refractivity contribution is 0.222. The molecule has 11 heteroatoms. The third kappa shape index (κ3) is 4.94. The molecule has 0 amide bonds. The number of fused-ring (bicyclic) bond motifs is 2. The van der Waals surface area contributed by atoms with Crippen molar-refractivity contribution in [3.8, 4) is 27.4 Å². The normalized spacial score (nSPS) is 14.9. The van der Waals surface area contributed by atoms with E-state index >= 15 is 0 Å². The number of phenols is 1. The molecule has 5 heterocycles. The van der Waals surface area contributed by atoms with Gasteiger partial charge in [0.2, 0.25) is 0 Å².